The third-order valence-electron chi connectivity index (χ3n) is 3.84. The number of ether oxygens (including phenoxy) is 1. The third-order valence-corrected chi connectivity index (χ3v) is 4.24. The minimum absolute atomic E-state index is 0.0711. The maximum absolute atomic E-state index is 12.7. The van der Waals surface area contributed by atoms with Crippen LogP contribution in [0.2, 0.25) is 0 Å². The Labute approximate surface area is 142 Å². The highest BCUT2D eigenvalue weighted by Gasteiger charge is 2.30. The Balaban J connectivity index is 1.79. The summed E-state index contributed by atoms with van der Waals surface area (Å²) in [5, 5.41) is 7.16. The fourth-order valence-electron chi connectivity index (χ4n) is 2.74. The van der Waals surface area contributed by atoms with Gasteiger partial charge in [0.25, 0.3) is 5.91 Å². The number of hydrogen-bond acceptors (Lipinski definition) is 5. The molecule has 0 aliphatic carbocycles. The van der Waals surface area contributed by atoms with Gasteiger partial charge in [0, 0.05) is 31.4 Å². The van der Waals surface area contributed by atoms with Gasteiger partial charge in [-0.25, -0.2) is 9.97 Å². The second-order valence-electron chi connectivity index (χ2n) is 5.74. The van der Waals surface area contributed by atoms with Crippen LogP contribution in [0.1, 0.15) is 47.5 Å². The highest BCUT2D eigenvalue weighted by Crippen LogP contribution is 2.30. The van der Waals surface area contributed by atoms with Gasteiger partial charge in [-0.3, -0.25) is 9.89 Å². The Bertz CT molecular complexity index is 715. The summed E-state index contributed by atoms with van der Waals surface area (Å²) in [6.45, 7) is 4.29. The van der Waals surface area contributed by atoms with Crippen LogP contribution in [0.5, 0.6) is 0 Å². The lowest BCUT2D eigenvalue weighted by Crippen LogP contribution is -2.30. The lowest BCUT2D eigenvalue weighted by Gasteiger charge is -2.25. The molecule has 7 nitrogen and oxygen atoms in total. The summed E-state index contributed by atoms with van der Waals surface area (Å²) in [6, 6.07) is 0. The number of amides is 1. The fraction of sp³-hybridized carbons (Fsp3) is 0.467. The summed E-state index contributed by atoms with van der Waals surface area (Å²) < 4.78 is 6.56. The lowest BCUT2D eigenvalue weighted by atomic mass is 9.99. The van der Waals surface area contributed by atoms with Crippen LogP contribution in [0.3, 0.4) is 0 Å². The molecule has 1 N–H and O–H groups in total. The molecule has 0 saturated heterocycles. The van der Waals surface area contributed by atoms with Crippen LogP contribution in [-0.2, 0) is 17.7 Å². The molecule has 2 atom stereocenters. The van der Waals surface area contributed by atoms with E-state index in [1.807, 2.05) is 13.8 Å². The summed E-state index contributed by atoms with van der Waals surface area (Å²) in [6.07, 6.45) is 4.00. The SMILES string of the molecule is C[C@@H]1Cc2c(C(=O)N(C)Cc3ncc(Br)cn3)n[nH]c2[C@H](C)O1. The fourth-order valence-corrected chi connectivity index (χ4v) is 2.94. The molecule has 23 heavy (non-hydrogen) atoms. The van der Waals surface area contributed by atoms with Gasteiger partial charge in [0.2, 0.25) is 0 Å². The van der Waals surface area contributed by atoms with E-state index in [4.69, 9.17) is 4.74 Å². The Morgan fingerprint density at radius 1 is 1.43 bits per heavy atom. The summed E-state index contributed by atoms with van der Waals surface area (Å²) >= 11 is 3.29. The highest BCUT2D eigenvalue weighted by molar-refractivity contribution is 9.10. The van der Waals surface area contributed by atoms with Crippen molar-refractivity contribution in [2.24, 2.45) is 0 Å². The molecule has 3 heterocycles. The number of aromatic amines is 1. The van der Waals surface area contributed by atoms with Crippen LogP contribution in [0.15, 0.2) is 16.9 Å². The van der Waals surface area contributed by atoms with Crippen molar-refractivity contribution < 1.29 is 9.53 Å². The largest absolute Gasteiger partial charge is 0.369 e. The number of nitrogens with zero attached hydrogens (tertiary/aromatic N) is 4. The summed E-state index contributed by atoms with van der Waals surface area (Å²) in [4.78, 5) is 22.7. The zero-order chi connectivity index (χ0) is 16.6. The average molecular weight is 380 g/mol. The number of halogens is 1. The molecule has 2 aromatic rings. The number of nitrogens with one attached hydrogen (secondary N) is 1. The maximum atomic E-state index is 12.7. The highest BCUT2D eigenvalue weighted by atomic mass is 79.9. The molecule has 0 saturated carbocycles. The van der Waals surface area contributed by atoms with E-state index < -0.39 is 0 Å². The first kappa shape index (κ1) is 16.1. The molecule has 0 spiro atoms. The number of rotatable bonds is 3. The average Bonchev–Trinajstić information content (AvgIpc) is 2.92. The van der Waals surface area contributed by atoms with Gasteiger partial charge < -0.3 is 9.64 Å². The van der Waals surface area contributed by atoms with Crippen LogP contribution >= 0.6 is 15.9 Å². The topological polar surface area (TPSA) is 84.0 Å². The first-order valence-electron chi connectivity index (χ1n) is 7.40. The molecule has 1 aliphatic rings. The number of aromatic nitrogens is 4. The van der Waals surface area contributed by atoms with Gasteiger partial charge in [-0.05, 0) is 29.8 Å². The van der Waals surface area contributed by atoms with Crippen LogP contribution in [0, 0.1) is 0 Å². The van der Waals surface area contributed by atoms with Gasteiger partial charge in [0.15, 0.2) is 5.69 Å². The van der Waals surface area contributed by atoms with Gasteiger partial charge in [-0.15, -0.1) is 0 Å². The second-order valence-corrected chi connectivity index (χ2v) is 6.65. The molecule has 2 aromatic heterocycles. The minimum Gasteiger partial charge on any atom is -0.369 e. The molecule has 1 aliphatic heterocycles. The van der Waals surface area contributed by atoms with Crippen LogP contribution in [-0.4, -0.2) is 44.1 Å². The van der Waals surface area contributed by atoms with Crippen molar-refractivity contribution >= 4 is 21.8 Å². The third kappa shape index (κ3) is 3.28. The molecular weight excluding hydrogens is 362 g/mol. The van der Waals surface area contributed by atoms with Crippen molar-refractivity contribution in [1.29, 1.82) is 0 Å². The van der Waals surface area contributed by atoms with E-state index in [2.05, 4.69) is 36.1 Å². The maximum Gasteiger partial charge on any atom is 0.274 e. The van der Waals surface area contributed by atoms with Gasteiger partial charge in [0.1, 0.15) is 5.82 Å². The minimum atomic E-state index is -0.143. The van der Waals surface area contributed by atoms with Gasteiger partial charge in [-0.2, -0.15) is 5.10 Å². The normalized spacial score (nSPS) is 20.2. The number of H-pyrrole nitrogens is 1. The van der Waals surface area contributed by atoms with Crippen LogP contribution in [0.25, 0.3) is 0 Å². The Morgan fingerprint density at radius 2 is 2.13 bits per heavy atom. The number of fused-ring (bicyclic) bond motifs is 1. The molecule has 1 amide bonds. The van der Waals surface area contributed by atoms with Crippen molar-refractivity contribution in [3.63, 3.8) is 0 Å². The van der Waals surface area contributed by atoms with E-state index in [-0.39, 0.29) is 18.1 Å². The Morgan fingerprint density at radius 3 is 2.83 bits per heavy atom. The molecule has 0 radical (unpaired) electrons. The van der Waals surface area contributed by atoms with Crippen molar-refractivity contribution in [1.82, 2.24) is 25.1 Å². The van der Waals surface area contributed by atoms with Crippen molar-refractivity contribution in [3.05, 3.63) is 39.6 Å². The molecule has 0 fully saturated rings. The monoisotopic (exact) mass is 379 g/mol. The summed E-state index contributed by atoms with van der Waals surface area (Å²) in [5.74, 6) is 0.439. The van der Waals surface area contributed by atoms with Crippen molar-refractivity contribution in [2.75, 3.05) is 7.05 Å². The zero-order valence-electron chi connectivity index (χ0n) is 13.2. The summed E-state index contributed by atoms with van der Waals surface area (Å²) in [5.41, 5.74) is 2.30. The smallest absolute Gasteiger partial charge is 0.274 e. The predicted molar refractivity (Wildman–Crippen MR) is 86.8 cm³/mol. The van der Waals surface area contributed by atoms with Crippen LogP contribution < -0.4 is 0 Å². The van der Waals surface area contributed by atoms with E-state index in [0.29, 0.717) is 24.5 Å². The van der Waals surface area contributed by atoms with Gasteiger partial charge >= 0.3 is 0 Å². The van der Waals surface area contributed by atoms with Crippen LogP contribution in [0.4, 0.5) is 0 Å². The van der Waals surface area contributed by atoms with E-state index >= 15 is 0 Å². The molecule has 8 heteroatoms. The van der Waals surface area contributed by atoms with E-state index in [0.717, 1.165) is 15.7 Å². The quantitative estimate of drug-likeness (QED) is 0.883. The number of carbonyl (C=O) groups excluding carboxylic acids is 1. The standard InChI is InChI=1S/C15H18BrN5O2/c1-8-4-11-13(9(2)23-8)19-20-14(11)15(22)21(3)7-12-17-5-10(16)6-18-12/h5-6,8-9H,4,7H2,1-3H3,(H,19,20)/t8-,9+/m1/s1. The first-order chi connectivity index (χ1) is 11.0. The molecule has 0 bridgehead atoms. The summed E-state index contributed by atoms with van der Waals surface area (Å²) in [7, 11) is 1.72. The van der Waals surface area contributed by atoms with E-state index in [1.54, 1.807) is 24.3 Å². The van der Waals surface area contributed by atoms with E-state index in [1.165, 1.54) is 0 Å². The van der Waals surface area contributed by atoms with Gasteiger partial charge in [-0.1, -0.05) is 0 Å². The van der Waals surface area contributed by atoms with Gasteiger partial charge in [0.05, 0.1) is 28.9 Å². The Kier molecular flexibility index (Phi) is 4.45. The second kappa shape index (κ2) is 6.37. The Hall–Kier alpha value is -1.80. The lowest BCUT2D eigenvalue weighted by molar-refractivity contribution is -0.00701. The first-order valence-corrected chi connectivity index (χ1v) is 8.19. The number of carbonyl (C=O) groups is 1. The molecular formula is C15H18BrN5O2. The number of hydrogen-bond donors (Lipinski definition) is 1. The molecule has 3 rings (SSSR count). The predicted octanol–water partition coefficient (Wildman–Crippen LogP) is 2.26. The molecule has 0 unspecified atom stereocenters. The van der Waals surface area contributed by atoms with Crippen molar-refractivity contribution in [3.8, 4) is 0 Å². The zero-order valence-corrected chi connectivity index (χ0v) is 14.8. The van der Waals surface area contributed by atoms with E-state index in [9.17, 15) is 4.79 Å². The molecule has 0 aromatic carbocycles. The van der Waals surface area contributed by atoms with Crippen molar-refractivity contribution in [2.45, 2.75) is 39.0 Å². The molecule has 122 valence electrons.